The van der Waals surface area contributed by atoms with E-state index in [0.29, 0.717) is 0 Å². The Morgan fingerprint density at radius 1 is 1.17 bits per heavy atom. The van der Waals surface area contributed by atoms with Gasteiger partial charge in [0.05, 0.1) is 5.38 Å². The van der Waals surface area contributed by atoms with Gasteiger partial charge in [-0.25, -0.2) is 0 Å². The molecule has 0 spiro atoms. The minimum atomic E-state index is -0.0574. The third kappa shape index (κ3) is 3.28. The minimum Gasteiger partial charge on any atom is -0.117 e. The molecule has 0 aromatic heterocycles. The summed E-state index contributed by atoms with van der Waals surface area (Å²) in [6.45, 7) is 2.01. The van der Waals surface area contributed by atoms with Gasteiger partial charge in [-0.3, -0.25) is 0 Å². The van der Waals surface area contributed by atoms with Crippen molar-refractivity contribution >= 4 is 39.1 Å². The molecule has 0 saturated carbocycles. The molecular weight excluding hydrogens is 331 g/mol. The molecule has 0 fully saturated rings. The third-order valence-electron chi connectivity index (χ3n) is 2.95. The van der Waals surface area contributed by atoms with E-state index in [-0.39, 0.29) is 5.38 Å². The Morgan fingerprint density at radius 2 is 1.89 bits per heavy atom. The summed E-state index contributed by atoms with van der Waals surface area (Å²) in [5, 5.41) is 0.713. The summed E-state index contributed by atoms with van der Waals surface area (Å²) in [5.74, 6) is 0. The van der Waals surface area contributed by atoms with Crippen LogP contribution >= 0.6 is 39.1 Å². The van der Waals surface area contributed by atoms with E-state index in [1.165, 1.54) is 5.56 Å². The van der Waals surface area contributed by atoms with Crippen molar-refractivity contribution in [2.75, 3.05) is 0 Å². The van der Waals surface area contributed by atoms with Crippen LogP contribution in [-0.2, 0) is 6.42 Å². The lowest BCUT2D eigenvalue weighted by atomic mass is 10.00. The summed E-state index contributed by atoms with van der Waals surface area (Å²) < 4.78 is 1.08. The Balaban J connectivity index is 2.22. The first-order valence-corrected chi connectivity index (χ1v) is 7.32. The van der Waals surface area contributed by atoms with Crippen LogP contribution in [0, 0.1) is 6.92 Å². The topological polar surface area (TPSA) is 0 Å². The van der Waals surface area contributed by atoms with Gasteiger partial charge < -0.3 is 0 Å². The van der Waals surface area contributed by atoms with Crippen molar-refractivity contribution in [2.24, 2.45) is 0 Å². The van der Waals surface area contributed by atoms with Crippen LogP contribution in [0.2, 0.25) is 5.02 Å². The van der Waals surface area contributed by atoms with E-state index in [0.717, 1.165) is 27.0 Å². The van der Waals surface area contributed by atoms with Crippen LogP contribution in [0.25, 0.3) is 0 Å². The molecule has 0 saturated heterocycles. The maximum atomic E-state index is 6.50. The van der Waals surface area contributed by atoms with Crippen LogP contribution in [0.15, 0.2) is 46.9 Å². The maximum absolute atomic E-state index is 6.50. The first-order chi connectivity index (χ1) is 8.58. The van der Waals surface area contributed by atoms with Gasteiger partial charge in [-0.1, -0.05) is 51.8 Å². The standard InChI is InChI=1S/C15H13BrCl2/c1-10-13(6-3-7-14(10)17)15(18)9-11-4-2-5-12(16)8-11/h2-8,15H,9H2,1H3. The van der Waals surface area contributed by atoms with Gasteiger partial charge >= 0.3 is 0 Å². The number of rotatable bonds is 3. The molecule has 1 atom stereocenters. The molecule has 0 aliphatic rings. The first kappa shape index (κ1) is 13.9. The van der Waals surface area contributed by atoms with Crippen LogP contribution in [0.5, 0.6) is 0 Å². The van der Waals surface area contributed by atoms with Crippen molar-refractivity contribution in [2.45, 2.75) is 18.7 Å². The molecule has 18 heavy (non-hydrogen) atoms. The fourth-order valence-corrected chi connectivity index (χ4v) is 2.99. The molecule has 94 valence electrons. The monoisotopic (exact) mass is 342 g/mol. The summed E-state index contributed by atoms with van der Waals surface area (Å²) in [4.78, 5) is 0. The van der Waals surface area contributed by atoms with Crippen LogP contribution in [0.4, 0.5) is 0 Å². The molecule has 0 aliphatic heterocycles. The zero-order valence-electron chi connectivity index (χ0n) is 9.96. The number of hydrogen-bond donors (Lipinski definition) is 0. The van der Waals surface area contributed by atoms with Crippen molar-refractivity contribution in [1.29, 1.82) is 0 Å². The lowest BCUT2D eigenvalue weighted by molar-refractivity contribution is 0.909. The smallest absolute Gasteiger partial charge is 0.0628 e. The third-order valence-corrected chi connectivity index (χ3v) is 4.24. The highest BCUT2D eigenvalue weighted by Crippen LogP contribution is 2.31. The van der Waals surface area contributed by atoms with Gasteiger partial charge in [-0.2, -0.15) is 0 Å². The van der Waals surface area contributed by atoms with Crippen molar-refractivity contribution in [3.05, 3.63) is 68.7 Å². The van der Waals surface area contributed by atoms with Gasteiger partial charge in [-0.15, -0.1) is 11.6 Å². The Kier molecular flexibility index (Phi) is 4.71. The van der Waals surface area contributed by atoms with E-state index < -0.39 is 0 Å². The second-order valence-corrected chi connectivity index (χ2v) is 6.11. The molecule has 0 nitrogen and oxygen atoms in total. The predicted octanol–water partition coefficient (Wildman–Crippen LogP) is 5.93. The lowest BCUT2D eigenvalue weighted by Crippen LogP contribution is -1.99. The van der Waals surface area contributed by atoms with E-state index >= 15 is 0 Å². The van der Waals surface area contributed by atoms with Gasteiger partial charge in [0.1, 0.15) is 0 Å². The summed E-state index contributed by atoms with van der Waals surface area (Å²) in [7, 11) is 0. The zero-order chi connectivity index (χ0) is 13.1. The Labute approximate surface area is 126 Å². The predicted molar refractivity (Wildman–Crippen MR) is 82.6 cm³/mol. The molecule has 1 unspecified atom stereocenters. The highest BCUT2D eigenvalue weighted by atomic mass is 79.9. The van der Waals surface area contributed by atoms with Crippen molar-refractivity contribution < 1.29 is 0 Å². The fourth-order valence-electron chi connectivity index (χ4n) is 1.94. The summed E-state index contributed by atoms with van der Waals surface area (Å²) in [5.41, 5.74) is 3.38. The van der Waals surface area contributed by atoms with Gasteiger partial charge in [0.25, 0.3) is 0 Å². The van der Waals surface area contributed by atoms with E-state index in [2.05, 4.69) is 28.1 Å². The molecule has 0 aliphatic carbocycles. The number of benzene rings is 2. The normalized spacial score (nSPS) is 12.4. The van der Waals surface area contributed by atoms with Gasteiger partial charge in [-0.05, 0) is 48.2 Å². The van der Waals surface area contributed by atoms with Gasteiger partial charge in [0.15, 0.2) is 0 Å². The lowest BCUT2D eigenvalue weighted by Gasteiger charge is -2.14. The highest BCUT2D eigenvalue weighted by molar-refractivity contribution is 9.10. The molecular formula is C15H13BrCl2. The largest absolute Gasteiger partial charge is 0.117 e. The highest BCUT2D eigenvalue weighted by Gasteiger charge is 2.13. The van der Waals surface area contributed by atoms with Gasteiger partial charge in [0, 0.05) is 9.50 Å². The Hall–Kier alpha value is -0.500. The molecule has 0 heterocycles. The molecule has 2 rings (SSSR count). The molecule has 3 heteroatoms. The summed E-state index contributed by atoms with van der Waals surface area (Å²) >= 11 is 16.1. The van der Waals surface area contributed by atoms with Crippen molar-refractivity contribution in [3.63, 3.8) is 0 Å². The quantitative estimate of drug-likeness (QED) is 0.605. The van der Waals surface area contributed by atoms with E-state index in [1.54, 1.807) is 0 Å². The molecule has 0 radical (unpaired) electrons. The summed E-state index contributed by atoms with van der Waals surface area (Å²) in [6, 6.07) is 14.1. The van der Waals surface area contributed by atoms with E-state index in [1.807, 2.05) is 37.3 Å². The van der Waals surface area contributed by atoms with Crippen LogP contribution in [0.1, 0.15) is 22.1 Å². The zero-order valence-corrected chi connectivity index (χ0v) is 13.1. The second kappa shape index (κ2) is 6.10. The van der Waals surface area contributed by atoms with Crippen molar-refractivity contribution in [3.8, 4) is 0 Å². The fraction of sp³-hybridized carbons (Fsp3) is 0.200. The maximum Gasteiger partial charge on any atom is 0.0628 e. The average molecular weight is 344 g/mol. The molecule has 0 N–H and O–H groups in total. The Morgan fingerprint density at radius 3 is 2.61 bits per heavy atom. The van der Waals surface area contributed by atoms with Crippen LogP contribution < -0.4 is 0 Å². The number of halogens is 3. The molecule has 2 aromatic rings. The van der Waals surface area contributed by atoms with Gasteiger partial charge in [0.2, 0.25) is 0 Å². The SMILES string of the molecule is Cc1c(Cl)cccc1C(Cl)Cc1cccc(Br)c1. The molecule has 2 aromatic carbocycles. The average Bonchev–Trinajstić information content (AvgIpc) is 2.32. The Bertz CT molecular complexity index is 552. The first-order valence-electron chi connectivity index (χ1n) is 5.71. The second-order valence-electron chi connectivity index (χ2n) is 4.26. The molecule has 0 amide bonds. The summed E-state index contributed by atoms with van der Waals surface area (Å²) in [6.07, 6.45) is 0.794. The van der Waals surface area contributed by atoms with Crippen LogP contribution in [-0.4, -0.2) is 0 Å². The van der Waals surface area contributed by atoms with Crippen molar-refractivity contribution in [1.82, 2.24) is 0 Å². The van der Waals surface area contributed by atoms with E-state index in [9.17, 15) is 0 Å². The number of hydrogen-bond acceptors (Lipinski definition) is 0. The minimum absolute atomic E-state index is 0.0574. The number of alkyl halides is 1. The van der Waals surface area contributed by atoms with Crippen LogP contribution in [0.3, 0.4) is 0 Å². The van der Waals surface area contributed by atoms with E-state index in [4.69, 9.17) is 23.2 Å². The molecule has 0 bridgehead atoms.